The van der Waals surface area contributed by atoms with Gasteiger partial charge in [-0.05, 0) is 75.0 Å². The van der Waals surface area contributed by atoms with Gasteiger partial charge in [0.05, 0.1) is 5.69 Å². The lowest BCUT2D eigenvalue weighted by atomic mass is 9.90. The van der Waals surface area contributed by atoms with Crippen LogP contribution in [0.15, 0.2) is 54.6 Å². The lowest BCUT2D eigenvalue weighted by Crippen LogP contribution is -2.40. The van der Waals surface area contributed by atoms with Crippen molar-refractivity contribution in [3.63, 3.8) is 0 Å². The molecule has 2 aliphatic carbocycles. The molecule has 0 spiro atoms. The van der Waals surface area contributed by atoms with Gasteiger partial charge >= 0.3 is 0 Å². The van der Waals surface area contributed by atoms with Crippen molar-refractivity contribution in [3.8, 4) is 0 Å². The van der Waals surface area contributed by atoms with Crippen LogP contribution in [0.2, 0.25) is 0 Å². The Morgan fingerprint density at radius 2 is 1.58 bits per heavy atom. The summed E-state index contributed by atoms with van der Waals surface area (Å²) in [6.07, 6.45) is 9.19. The van der Waals surface area contributed by atoms with E-state index < -0.39 is 0 Å². The van der Waals surface area contributed by atoms with Gasteiger partial charge in [-0.25, -0.2) is 4.98 Å². The summed E-state index contributed by atoms with van der Waals surface area (Å²) in [5.74, 6) is 1.84. The number of nitrogens with zero attached hydrogens (tertiary/aromatic N) is 3. The van der Waals surface area contributed by atoms with Gasteiger partial charge < -0.3 is 15.5 Å². The number of anilines is 2. The molecule has 6 nitrogen and oxygen atoms in total. The summed E-state index contributed by atoms with van der Waals surface area (Å²) >= 11 is 0. The highest BCUT2D eigenvalue weighted by atomic mass is 16.1. The number of aromatic nitrogens is 2. The zero-order valence-electron chi connectivity index (χ0n) is 21.5. The number of carbonyl (C=O) groups excluding carboxylic acids is 1. The molecular weight excluding hydrogens is 446 g/mol. The molecule has 2 aromatic carbocycles. The van der Waals surface area contributed by atoms with Gasteiger partial charge in [-0.15, -0.1) is 0 Å². The third kappa shape index (κ3) is 5.69. The van der Waals surface area contributed by atoms with Crippen molar-refractivity contribution in [2.75, 3.05) is 24.3 Å². The maximum Gasteiger partial charge on any atom is 0.251 e. The van der Waals surface area contributed by atoms with Crippen LogP contribution in [-0.2, 0) is 19.3 Å². The number of benzene rings is 2. The second kappa shape index (κ2) is 11.1. The molecule has 0 unspecified atom stereocenters. The Bertz CT molecular complexity index is 1190. The Hall–Kier alpha value is -3.41. The molecule has 0 atom stereocenters. The van der Waals surface area contributed by atoms with Crippen molar-refractivity contribution in [1.29, 1.82) is 0 Å². The van der Waals surface area contributed by atoms with Gasteiger partial charge in [0, 0.05) is 37.3 Å². The predicted molar refractivity (Wildman–Crippen MR) is 146 cm³/mol. The van der Waals surface area contributed by atoms with Crippen LogP contribution >= 0.6 is 0 Å². The highest BCUT2D eigenvalue weighted by molar-refractivity contribution is 5.96. The summed E-state index contributed by atoms with van der Waals surface area (Å²) in [5, 5.41) is 6.91. The minimum absolute atomic E-state index is 0.0339. The molecule has 1 heterocycles. The van der Waals surface area contributed by atoms with Gasteiger partial charge in [-0.3, -0.25) is 4.79 Å². The molecule has 188 valence electrons. The normalized spacial score (nSPS) is 19.3. The molecule has 6 heteroatoms. The van der Waals surface area contributed by atoms with Crippen LogP contribution in [-0.4, -0.2) is 42.1 Å². The Morgan fingerprint density at radius 1 is 0.889 bits per heavy atom. The molecule has 1 saturated carbocycles. The Morgan fingerprint density at radius 3 is 2.36 bits per heavy atom. The van der Waals surface area contributed by atoms with Crippen molar-refractivity contribution < 1.29 is 4.79 Å². The van der Waals surface area contributed by atoms with Crippen molar-refractivity contribution in [2.24, 2.45) is 0 Å². The number of hydrogen-bond acceptors (Lipinski definition) is 5. The van der Waals surface area contributed by atoms with Gasteiger partial charge in [-0.2, -0.15) is 4.98 Å². The quantitative estimate of drug-likeness (QED) is 0.485. The molecule has 3 aromatic rings. The van der Waals surface area contributed by atoms with Crippen LogP contribution in [0.25, 0.3) is 0 Å². The lowest BCUT2D eigenvalue weighted by Gasteiger charge is -2.30. The molecule has 2 N–H and O–H groups in total. The largest absolute Gasteiger partial charge is 0.362 e. The molecule has 0 radical (unpaired) electrons. The highest BCUT2D eigenvalue weighted by Gasteiger charge is 2.25. The molecule has 0 aliphatic heterocycles. The van der Waals surface area contributed by atoms with E-state index in [4.69, 9.17) is 9.97 Å². The van der Waals surface area contributed by atoms with Crippen LogP contribution < -0.4 is 15.5 Å². The zero-order chi connectivity index (χ0) is 24.9. The molecule has 1 fully saturated rings. The average Bonchev–Trinajstić information content (AvgIpc) is 2.90. The Kier molecular flexibility index (Phi) is 7.49. The fourth-order valence-electron chi connectivity index (χ4n) is 5.55. The summed E-state index contributed by atoms with van der Waals surface area (Å²) in [5.41, 5.74) is 5.58. The van der Waals surface area contributed by atoms with Crippen LogP contribution in [0.5, 0.6) is 0 Å². The first-order chi connectivity index (χ1) is 17.6. The van der Waals surface area contributed by atoms with Crippen LogP contribution in [0.3, 0.4) is 0 Å². The lowest BCUT2D eigenvalue weighted by molar-refractivity contribution is 0.0925. The molecule has 36 heavy (non-hydrogen) atoms. The van der Waals surface area contributed by atoms with Crippen molar-refractivity contribution >= 4 is 17.7 Å². The van der Waals surface area contributed by atoms with Crippen molar-refractivity contribution in [1.82, 2.24) is 15.3 Å². The maximum absolute atomic E-state index is 13.2. The van der Waals surface area contributed by atoms with Crippen LogP contribution in [0, 0.1) is 0 Å². The van der Waals surface area contributed by atoms with Gasteiger partial charge in [0.15, 0.2) is 0 Å². The number of nitrogens with one attached hydrogen (secondary N) is 2. The summed E-state index contributed by atoms with van der Waals surface area (Å²) in [7, 11) is 4.12. The van der Waals surface area contributed by atoms with E-state index in [9.17, 15) is 4.79 Å². The molecule has 1 amide bonds. The van der Waals surface area contributed by atoms with E-state index in [1.165, 1.54) is 29.7 Å². The van der Waals surface area contributed by atoms with E-state index in [1.54, 1.807) is 0 Å². The first kappa shape index (κ1) is 24.3. The summed E-state index contributed by atoms with van der Waals surface area (Å²) in [4.78, 5) is 25.0. The SMILES string of the molecule is CN(C)c1nc(N[C@H]2CC[C@@H](NC(=O)c3ccccc3Cc3ccccc3)CC2)nc2c1CCCC2. The van der Waals surface area contributed by atoms with E-state index in [-0.39, 0.29) is 11.9 Å². The Labute approximate surface area is 214 Å². The second-order valence-electron chi connectivity index (χ2n) is 10.4. The second-order valence-corrected chi connectivity index (χ2v) is 10.4. The predicted octanol–water partition coefficient (Wildman–Crippen LogP) is 5.17. The fourth-order valence-corrected chi connectivity index (χ4v) is 5.55. The minimum Gasteiger partial charge on any atom is -0.362 e. The van der Waals surface area contributed by atoms with Crippen LogP contribution in [0.1, 0.15) is 71.3 Å². The number of rotatable bonds is 7. The molecule has 0 saturated heterocycles. The first-order valence-corrected chi connectivity index (χ1v) is 13.3. The summed E-state index contributed by atoms with van der Waals surface area (Å²) in [6, 6.07) is 18.8. The van der Waals surface area contributed by atoms with Crippen molar-refractivity contribution in [2.45, 2.75) is 69.9 Å². The number of hydrogen-bond donors (Lipinski definition) is 2. The van der Waals surface area contributed by atoms with Gasteiger partial charge in [0.25, 0.3) is 5.91 Å². The van der Waals surface area contributed by atoms with Gasteiger partial charge in [-0.1, -0.05) is 48.5 Å². The fraction of sp³-hybridized carbons (Fsp3) is 0.433. The molecular formula is C30H37N5O. The number of fused-ring (bicyclic) bond motifs is 1. The minimum atomic E-state index is 0.0339. The first-order valence-electron chi connectivity index (χ1n) is 13.3. The molecule has 1 aromatic heterocycles. The van der Waals surface area contributed by atoms with E-state index in [0.717, 1.165) is 67.8 Å². The third-order valence-corrected chi connectivity index (χ3v) is 7.48. The topological polar surface area (TPSA) is 70.2 Å². The standard InChI is InChI=1S/C30H37N5O/c1-35(2)28-26-14-8-9-15-27(26)33-30(34-28)32-24-18-16-23(17-19-24)31-29(36)25-13-7-6-12-22(25)20-21-10-4-3-5-11-21/h3-7,10-13,23-24H,8-9,14-20H2,1-2H3,(H,31,36)(H,32,33,34)/t23-,24+. The van der Waals surface area contributed by atoms with E-state index >= 15 is 0 Å². The number of amides is 1. The maximum atomic E-state index is 13.2. The number of carbonyl (C=O) groups is 1. The average molecular weight is 484 g/mol. The smallest absolute Gasteiger partial charge is 0.251 e. The monoisotopic (exact) mass is 483 g/mol. The van der Waals surface area contributed by atoms with E-state index in [1.807, 2.05) is 36.4 Å². The highest BCUT2D eigenvalue weighted by Crippen LogP contribution is 2.29. The summed E-state index contributed by atoms with van der Waals surface area (Å²) in [6.45, 7) is 0. The zero-order valence-corrected chi connectivity index (χ0v) is 21.5. The van der Waals surface area contributed by atoms with Crippen LogP contribution in [0.4, 0.5) is 11.8 Å². The third-order valence-electron chi connectivity index (χ3n) is 7.48. The van der Waals surface area contributed by atoms with Crippen molar-refractivity contribution in [3.05, 3.63) is 82.5 Å². The Balaban J connectivity index is 1.18. The molecule has 0 bridgehead atoms. The van der Waals surface area contributed by atoms with Gasteiger partial charge in [0.1, 0.15) is 5.82 Å². The summed E-state index contributed by atoms with van der Waals surface area (Å²) < 4.78 is 0. The van der Waals surface area contributed by atoms with E-state index in [0.29, 0.717) is 6.04 Å². The van der Waals surface area contributed by atoms with E-state index in [2.05, 4.69) is 47.8 Å². The molecule has 2 aliphatic rings. The molecule has 5 rings (SSSR count). The number of aryl methyl sites for hydroxylation is 1. The van der Waals surface area contributed by atoms with Gasteiger partial charge in [0.2, 0.25) is 5.95 Å².